The Hall–Kier alpha value is -3.26. The summed E-state index contributed by atoms with van der Waals surface area (Å²) in [5.74, 6) is 0.672. The van der Waals surface area contributed by atoms with Crippen molar-refractivity contribution in [2.24, 2.45) is 0 Å². The monoisotopic (exact) mass is 441 g/mol. The summed E-state index contributed by atoms with van der Waals surface area (Å²) >= 11 is 0. The molecule has 0 saturated carbocycles. The van der Waals surface area contributed by atoms with Gasteiger partial charge in [0, 0.05) is 25.7 Å². The van der Waals surface area contributed by atoms with Crippen LogP contribution in [0.4, 0.5) is 0 Å². The van der Waals surface area contributed by atoms with Crippen LogP contribution in [0.2, 0.25) is 0 Å². The number of carbonyl (C=O) groups excluding carboxylic acids is 2. The summed E-state index contributed by atoms with van der Waals surface area (Å²) in [5.41, 5.74) is 1.89. The maximum Gasteiger partial charge on any atom is 0.254 e. The van der Waals surface area contributed by atoms with Crippen LogP contribution in [-0.2, 0) is 4.79 Å². The molecule has 8 nitrogen and oxygen atoms in total. The summed E-state index contributed by atoms with van der Waals surface area (Å²) in [5, 5.41) is 3.03. The van der Waals surface area contributed by atoms with Gasteiger partial charge in [-0.2, -0.15) is 0 Å². The summed E-state index contributed by atoms with van der Waals surface area (Å²) < 4.78 is 16.1. The van der Waals surface area contributed by atoms with Gasteiger partial charge in [-0.3, -0.25) is 9.59 Å². The normalized spacial score (nSPS) is 17.7. The molecule has 3 rings (SSSR count). The van der Waals surface area contributed by atoms with Crippen LogP contribution in [0.25, 0.3) is 0 Å². The highest BCUT2D eigenvalue weighted by Gasteiger charge is 2.43. The van der Waals surface area contributed by atoms with Crippen LogP contribution >= 0.6 is 0 Å². The van der Waals surface area contributed by atoms with Gasteiger partial charge < -0.3 is 29.3 Å². The summed E-state index contributed by atoms with van der Waals surface area (Å²) in [7, 11) is 10.3. The van der Waals surface area contributed by atoms with Crippen LogP contribution in [0.15, 0.2) is 36.4 Å². The lowest BCUT2D eigenvalue weighted by Crippen LogP contribution is -2.46. The van der Waals surface area contributed by atoms with Gasteiger partial charge in [-0.05, 0) is 49.5 Å². The van der Waals surface area contributed by atoms with Gasteiger partial charge in [0.2, 0.25) is 5.91 Å². The zero-order chi connectivity index (χ0) is 23.4. The van der Waals surface area contributed by atoms with Crippen molar-refractivity contribution in [3.05, 3.63) is 53.1 Å². The Labute approximate surface area is 189 Å². The zero-order valence-corrected chi connectivity index (χ0v) is 19.5. The molecular formula is C24H31N3O5. The Balaban J connectivity index is 2.12. The fourth-order valence-electron chi connectivity index (χ4n) is 4.06. The standard InChI is InChI=1S/C24H31N3O5/c1-26(2)12-11-25-23(28)21-17-13-19(31-5)20(32-6)14-18(17)24(29)27(3)22(21)15-7-9-16(30-4)10-8-15/h7-10,13-14,21-22H,11-12H2,1-6H3,(H,25,28). The van der Waals surface area contributed by atoms with Gasteiger partial charge in [-0.1, -0.05) is 12.1 Å². The number of carbonyl (C=O) groups is 2. The van der Waals surface area contributed by atoms with Crippen LogP contribution in [0.3, 0.4) is 0 Å². The molecule has 1 aliphatic rings. The average Bonchev–Trinajstić information content (AvgIpc) is 2.80. The molecular weight excluding hydrogens is 410 g/mol. The average molecular weight is 442 g/mol. The molecule has 0 bridgehead atoms. The predicted octanol–water partition coefficient (Wildman–Crippen LogP) is 2.30. The van der Waals surface area contributed by atoms with E-state index in [2.05, 4.69) is 5.32 Å². The van der Waals surface area contributed by atoms with Crippen molar-refractivity contribution in [3.63, 3.8) is 0 Å². The first kappa shape index (κ1) is 23.4. The van der Waals surface area contributed by atoms with E-state index in [4.69, 9.17) is 14.2 Å². The number of benzene rings is 2. The van der Waals surface area contributed by atoms with Crippen molar-refractivity contribution in [2.75, 3.05) is 55.6 Å². The lowest BCUT2D eigenvalue weighted by atomic mass is 9.79. The van der Waals surface area contributed by atoms with Crippen molar-refractivity contribution in [1.29, 1.82) is 0 Å². The molecule has 0 radical (unpaired) electrons. The van der Waals surface area contributed by atoms with E-state index in [1.54, 1.807) is 31.2 Å². The highest BCUT2D eigenvalue weighted by atomic mass is 16.5. The van der Waals surface area contributed by atoms with Crippen molar-refractivity contribution in [3.8, 4) is 17.2 Å². The summed E-state index contributed by atoms with van der Waals surface area (Å²) in [4.78, 5) is 30.4. The fourth-order valence-corrected chi connectivity index (χ4v) is 4.06. The van der Waals surface area contributed by atoms with E-state index in [9.17, 15) is 9.59 Å². The molecule has 2 aromatic carbocycles. The number of hydrogen-bond acceptors (Lipinski definition) is 6. The van der Waals surface area contributed by atoms with Gasteiger partial charge >= 0.3 is 0 Å². The number of fused-ring (bicyclic) bond motifs is 1. The first-order chi connectivity index (χ1) is 15.3. The van der Waals surface area contributed by atoms with E-state index in [1.165, 1.54) is 14.2 Å². The first-order valence-electron chi connectivity index (χ1n) is 10.4. The minimum absolute atomic E-state index is 0.152. The van der Waals surface area contributed by atoms with Gasteiger partial charge in [0.05, 0.1) is 33.3 Å². The van der Waals surface area contributed by atoms with Gasteiger partial charge in [-0.15, -0.1) is 0 Å². The van der Waals surface area contributed by atoms with E-state index < -0.39 is 12.0 Å². The predicted molar refractivity (Wildman–Crippen MR) is 122 cm³/mol. The first-order valence-corrected chi connectivity index (χ1v) is 10.4. The zero-order valence-electron chi connectivity index (χ0n) is 19.5. The number of rotatable bonds is 8. The molecule has 1 aliphatic heterocycles. The molecule has 2 amide bonds. The molecule has 2 unspecified atom stereocenters. The molecule has 2 aromatic rings. The Bertz CT molecular complexity index is 974. The number of methoxy groups -OCH3 is 3. The molecule has 2 atom stereocenters. The fraction of sp³-hybridized carbons (Fsp3) is 0.417. The van der Waals surface area contributed by atoms with E-state index >= 15 is 0 Å². The van der Waals surface area contributed by atoms with Crippen molar-refractivity contribution in [2.45, 2.75) is 12.0 Å². The lowest BCUT2D eigenvalue weighted by molar-refractivity contribution is -0.124. The molecule has 1 heterocycles. The molecule has 8 heteroatoms. The second kappa shape index (κ2) is 9.91. The number of hydrogen-bond donors (Lipinski definition) is 1. The summed E-state index contributed by atoms with van der Waals surface area (Å²) in [6.45, 7) is 1.21. The van der Waals surface area contributed by atoms with Gasteiger partial charge in [-0.25, -0.2) is 0 Å². The molecule has 32 heavy (non-hydrogen) atoms. The molecule has 0 fully saturated rings. The third kappa shape index (κ3) is 4.50. The van der Waals surface area contributed by atoms with E-state index in [1.807, 2.05) is 43.3 Å². The molecule has 0 spiro atoms. The Morgan fingerprint density at radius 1 is 1.03 bits per heavy atom. The van der Waals surface area contributed by atoms with E-state index in [-0.39, 0.29) is 11.8 Å². The molecule has 0 aromatic heterocycles. The minimum Gasteiger partial charge on any atom is -0.497 e. The third-order valence-corrected chi connectivity index (χ3v) is 5.77. The Morgan fingerprint density at radius 2 is 1.66 bits per heavy atom. The minimum atomic E-state index is -0.622. The van der Waals surface area contributed by atoms with E-state index in [0.29, 0.717) is 41.5 Å². The second-order valence-corrected chi connectivity index (χ2v) is 8.00. The summed E-state index contributed by atoms with van der Waals surface area (Å²) in [6.07, 6.45) is 0. The largest absolute Gasteiger partial charge is 0.497 e. The Morgan fingerprint density at radius 3 is 2.22 bits per heavy atom. The van der Waals surface area contributed by atoms with Gasteiger partial charge in [0.15, 0.2) is 11.5 Å². The van der Waals surface area contributed by atoms with Crippen LogP contribution in [0.5, 0.6) is 17.2 Å². The highest BCUT2D eigenvalue weighted by Crippen LogP contribution is 2.45. The third-order valence-electron chi connectivity index (χ3n) is 5.77. The maximum atomic E-state index is 13.5. The molecule has 0 saturated heterocycles. The number of ether oxygens (including phenoxy) is 3. The topological polar surface area (TPSA) is 80.3 Å². The second-order valence-electron chi connectivity index (χ2n) is 8.00. The SMILES string of the molecule is COc1ccc(C2C(C(=O)NCCN(C)C)c3cc(OC)c(OC)cc3C(=O)N2C)cc1. The number of likely N-dealkylation sites (N-methyl/N-ethyl adjacent to an activating group) is 2. The van der Waals surface area contributed by atoms with Crippen molar-refractivity contribution >= 4 is 11.8 Å². The molecule has 1 N–H and O–H groups in total. The summed E-state index contributed by atoms with van der Waals surface area (Å²) in [6, 6.07) is 10.3. The van der Waals surface area contributed by atoms with E-state index in [0.717, 1.165) is 5.56 Å². The van der Waals surface area contributed by atoms with Crippen LogP contribution in [-0.4, -0.2) is 77.2 Å². The lowest BCUT2D eigenvalue weighted by Gasteiger charge is -2.40. The number of nitrogens with one attached hydrogen (secondary N) is 1. The van der Waals surface area contributed by atoms with Gasteiger partial charge in [0.25, 0.3) is 5.91 Å². The number of nitrogens with zero attached hydrogens (tertiary/aromatic N) is 2. The number of amides is 2. The Kier molecular flexibility index (Phi) is 7.25. The van der Waals surface area contributed by atoms with Crippen LogP contribution < -0.4 is 19.5 Å². The van der Waals surface area contributed by atoms with Gasteiger partial charge in [0.1, 0.15) is 5.75 Å². The quantitative estimate of drug-likeness (QED) is 0.677. The molecule has 0 aliphatic carbocycles. The smallest absolute Gasteiger partial charge is 0.254 e. The highest BCUT2D eigenvalue weighted by molar-refractivity contribution is 6.02. The molecule has 172 valence electrons. The van der Waals surface area contributed by atoms with Crippen LogP contribution in [0, 0.1) is 0 Å². The van der Waals surface area contributed by atoms with Crippen molar-refractivity contribution in [1.82, 2.24) is 15.1 Å². The van der Waals surface area contributed by atoms with Crippen molar-refractivity contribution < 1.29 is 23.8 Å². The van der Waals surface area contributed by atoms with Crippen LogP contribution in [0.1, 0.15) is 33.4 Å². The maximum absolute atomic E-state index is 13.5.